The first kappa shape index (κ1) is 11.8. The van der Waals surface area contributed by atoms with E-state index in [1.54, 1.807) is 12.4 Å². The molecule has 0 fully saturated rings. The second-order valence-corrected chi connectivity index (χ2v) is 1.15. The number of allylic oxidation sites excluding steroid dienone is 1. The minimum absolute atomic E-state index is 1.50. The molecule has 2 nitrogen and oxygen atoms in total. The van der Waals surface area contributed by atoms with Gasteiger partial charge < -0.3 is 0 Å². The fourth-order valence-corrected chi connectivity index (χ4v) is 0.230. The van der Waals surface area contributed by atoms with Crippen molar-refractivity contribution in [1.82, 2.24) is 0 Å². The van der Waals surface area contributed by atoms with Gasteiger partial charge in [0, 0.05) is 12.4 Å². The van der Waals surface area contributed by atoms with Gasteiger partial charge in [0.25, 0.3) is 0 Å². The molecule has 0 amide bonds. The van der Waals surface area contributed by atoms with Crippen LogP contribution in [0.2, 0.25) is 0 Å². The number of hydrogen-bond acceptors (Lipinski definition) is 1. The fraction of sp³-hybridized carbons (Fsp3) is 0.500. The van der Waals surface area contributed by atoms with E-state index in [1.165, 1.54) is 6.34 Å². The smallest absolute Gasteiger partial charge is 0.114 e. The lowest BCUT2D eigenvalue weighted by Gasteiger charge is -1.69. The minimum atomic E-state index is 1.50. The van der Waals surface area contributed by atoms with Crippen molar-refractivity contribution in [3.05, 3.63) is 12.3 Å². The Bertz CT molecular complexity index is 98.4. The van der Waals surface area contributed by atoms with Crippen LogP contribution in [0.4, 0.5) is 0 Å². The highest BCUT2D eigenvalue weighted by Gasteiger charge is 1.55. The van der Waals surface area contributed by atoms with E-state index in [2.05, 4.69) is 9.98 Å². The molecule has 0 N–H and O–H groups in total. The molecule has 0 bridgehead atoms. The molecular weight excluding hydrogens is 124 g/mol. The van der Waals surface area contributed by atoms with Crippen molar-refractivity contribution in [3.63, 3.8) is 0 Å². The normalized spacial score (nSPS) is 10.8. The molecule has 0 heterocycles. The molecule has 0 aliphatic rings. The van der Waals surface area contributed by atoms with Crippen LogP contribution in [-0.4, -0.2) is 12.6 Å². The highest BCUT2D eigenvalue weighted by molar-refractivity contribution is 5.70. The van der Waals surface area contributed by atoms with Gasteiger partial charge in [-0.2, -0.15) is 0 Å². The van der Waals surface area contributed by atoms with Crippen molar-refractivity contribution in [2.75, 3.05) is 0 Å². The molecule has 0 saturated carbocycles. The van der Waals surface area contributed by atoms with Crippen molar-refractivity contribution < 1.29 is 0 Å². The molecule has 0 aromatic heterocycles. The van der Waals surface area contributed by atoms with Gasteiger partial charge in [0.15, 0.2) is 0 Å². The topological polar surface area (TPSA) is 24.7 Å². The minimum Gasteiger partial charge on any atom is -0.250 e. The highest BCUT2D eigenvalue weighted by Crippen LogP contribution is 1.69. The van der Waals surface area contributed by atoms with Crippen molar-refractivity contribution in [1.29, 1.82) is 0 Å². The van der Waals surface area contributed by atoms with E-state index in [0.717, 1.165) is 0 Å². The van der Waals surface area contributed by atoms with Crippen LogP contribution in [0.3, 0.4) is 0 Å². The third-order valence-corrected chi connectivity index (χ3v) is 0.518. The summed E-state index contributed by atoms with van der Waals surface area (Å²) < 4.78 is 0. The van der Waals surface area contributed by atoms with E-state index in [9.17, 15) is 0 Å². The van der Waals surface area contributed by atoms with Crippen molar-refractivity contribution in [3.8, 4) is 0 Å². The van der Waals surface area contributed by atoms with Gasteiger partial charge in [-0.3, -0.25) is 0 Å². The van der Waals surface area contributed by atoms with Crippen LogP contribution >= 0.6 is 0 Å². The largest absolute Gasteiger partial charge is 0.250 e. The van der Waals surface area contributed by atoms with Gasteiger partial charge in [-0.1, -0.05) is 19.9 Å². The second kappa shape index (κ2) is 15.7. The molecule has 0 spiro atoms. The van der Waals surface area contributed by atoms with E-state index in [0.29, 0.717) is 0 Å². The molecule has 0 rings (SSSR count). The van der Waals surface area contributed by atoms with Crippen LogP contribution in [0.1, 0.15) is 27.7 Å². The number of nitrogens with zero attached hydrogens (tertiary/aromatic N) is 2. The summed E-state index contributed by atoms with van der Waals surface area (Å²) in [6.07, 6.45) is 6.72. The van der Waals surface area contributed by atoms with Crippen LogP contribution in [0, 0.1) is 0 Å². The monoisotopic (exact) mass is 140 g/mol. The first-order valence-electron chi connectivity index (χ1n) is 3.52. The fourth-order valence-electron chi connectivity index (χ4n) is 0.230. The van der Waals surface area contributed by atoms with Gasteiger partial charge in [0.1, 0.15) is 6.34 Å². The Morgan fingerprint density at radius 1 is 1.00 bits per heavy atom. The van der Waals surface area contributed by atoms with Crippen LogP contribution in [0.15, 0.2) is 22.3 Å². The Kier molecular flexibility index (Phi) is 18.6. The standard InChI is InChI=1S/C6H10N2.C2H6/c1-3-5-8-6-7-4-2;1-2/h3-6H,1-2H3;1-2H3/b5-3-,7-4?,8-6?;. The summed E-state index contributed by atoms with van der Waals surface area (Å²) in [4.78, 5) is 7.52. The van der Waals surface area contributed by atoms with E-state index >= 15 is 0 Å². The number of rotatable bonds is 2. The molecule has 0 aliphatic carbocycles. The van der Waals surface area contributed by atoms with E-state index in [4.69, 9.17) is 0 Å². The van der Waals surface area contributed by atoms with Gasteiger partial charge in [0.2, 0.25) is 0 Å². The summed E-state index contributed by atoms with van der Waals surface area (Å²) in [5, 5.41) is 0. The maximum atomic E-state index is 3.78. The first-order chi connectivity index (χ1) is 4.91. The summed E-state index contributed by atoms with van der Waals surface area (Å²) in [7, 11) is 0. The molecular formula is C8H16N2. The maximum absolute atomic E-state index is 3.78. The molecule has 0 aromatic carbocycles. The number of aliphatic imine (C=N–C) groups is 2. The van der Waals surface area contributed by atoms with E-state index < -0.39 is 0 Å². The lowest BCUT2D eigenvalue weighted by atomic mass is 10.7. The Labute approximate surface area is 63.4 Å². The summed E-state index contributed by atoms with van der Waals surface area (Å²) in [5.41, 5.74) is 0. The molecule has 0 unspecified atom stereocenters. The first-order valence-corrected chi connectivity index (χ1v) is 3.52. The zero-order valence-electron chi connectivity index (χ0n) is 7.20. The van der Waals surface area contributed by atoms with E-state index in [-0.39, 0.29) is 0 Å². The van der Waals surface area contributed by atoms with Crippen LogP contribution in [0.5, 0.6) is 0 Å². The lowest BCUT2D eigenvalue weighted by molar-refractivity contribution is 1.50. The lowest BCUT2D eigenvalue weighted by Crippen LogP contribution is -1.62. The molecule has 0 saturated heterocycles. The average Bonchev–Trinajstić information content (AvgIpc) is 2.02. The van der Waals surface area contributed by atoms with Crippen molar-refractivity contribution >= 4 is 12.6 Å². The Hall–Kier alpha value is -0.920. The van der Waals surface area contributed by atoms with Crippen LogP contribution in [-0.2, 0) is 0 Å². The maximum Gasteiger partial charge on any atom is 0.114 e. The Morgan fingerprint density at radius 2 is 1.60 bits per heavy atom. The SMILES string of the molecule is CC.CC=NC=N/C=C\C. The summed E-state index contributed by atoms with van der Waals surface area (Å²) >= 11 is 0. The van der Waals surface area contributed by atoms with Crippen LogP contribution in [0.25, 0.3) is 0 Å². The van der Waals surface area contributed by atoms with Crippen molar-refractivity contribution in [2.24, 2.45) is 9.98 Å². The van der Waals surface area contributed by atoms with Crippen LogP contribution < -0.4 is 0 Å². The third kappa shape index (κ3) is 15.7. The predicted octanol–water partition coefficient (Wildman–Crippen LogP) is 2.67. The van der Waals surface area contributed by atoms with Crippen molar-refractivity contribution in [2.45, 2.75) is 27.7 Å². The molecule has 0 radical (unpaired) electrons. The summed E-state index contributed by atoms with van der Waals surface area (Å²) in [6.45, 7) is 7.76. The zero-order valence-corrected chi connectivity index (χ0v) is 7.20. The van der Waals surface area contributed by atoms with Gasteiger partial charge >= 0.3 is 0 Å². The van der Waals surface area contributed by atoms with Gasteiger partial charge in [-0.05, 0) is 13.8 Å². The zero-order chi connectivity index (χ0) is 8.24. The molecule has 0 aliphatic heterocycles. The molecule has 2 heteroatoms. The summed E-state index contributed by atoms with van der Waals surface area (Å²) in [5.74, 6) is 0. The molecule has 0 aromatic rings. The van der Waals surface area contributed by atoms with E-state index in [1.807, 2.05) is 33.8 Å². The Balaban J connectivity index is 0. The predicted molar refractivity (Wildman–Crippen MR) is 48.8 cm³/mol. The average molecular weight is 140 g/mol. The second-order valence-electron chi connectivity index (χ2n) is 1.15. The highest BCUT2D eigenvalue weighted by atomic mass is 14.8. The quantitative estimate of drug-likeness (QED) is 0.416. The molecule has 10 heavy (non-hydrogen) atoms. The molecule has 58 valence electrons. The van der Waals surface area contributed by atoms with Gasteiger partial charge in [-0.15, -0.1) is 0 Å². The summed E-state index contributed by atoms with van der Waals surface area (Å²) in [6, 6.07) is 0. The van der Waals surface area contributed by atoms with Gasteiger partial charge in [-0.25, -0.2) is 9.98 Å². The van der Waals surface area contributed by atoms with Gasteiger partial charge in [0.05, 0.1) is 0 Å². The third-order valence-electron chi connectivity index (χ3n) is 0.518. The number of hydrogen-bond donors (Lipinski definition) is 0. The Morgan fingerprint density at radius 3 is 2.00 bits per heavy atom. The molecule has 0 atom stereocenters.